The number of carbonyl (C=O) groups excluding carboxylic acids is 1. The molecule has 0 atom stereocenters. The summed E-state index contributed by atoms with van der Waals surface area (Å²) in [5, 5.41) is 15.5. The van der Waals surface area contributed by atoms with E-state index in [0.717, 1.165) is 20.1 Å². The molecule has 0 spiro atoms. The zero-order chi connectivity index (χ0) is 17.0. The minimum Gasteiger partial charge on any atom is -0.310 e. The fraction of sp³-hybridized carbons (Fsp3) is 0.571. The van der Waals surface area contributed by atoms with Gasteiger partial charge in [0, 0.05) is 18.5 Å². The molecule has 0 aliphatic heterocycles. The number of nitrogens with one attached hydrogen (secondary N) is 1. The van der Waals surface area contributed by atoms with Crippen LogP contribution in [0.1, 0.15) is 33.4 Å². The van der Waals surface area contributed by atoms with Crippen LogP contribution in [0.3, 0.4) is 0 Å². The van der Waals surface area contributed by atoms with Crippen LogP contribution in [0.2, 0.25) is 0 Å². The molecule has 23 heavy (non-hydrogen) atoms. The van der Waals surface area contributed by atoms with Crippen LogP contribution in [0.5, 0.6) is 0 Å². The summed E-state index contributed by atoms with van der Waals surface area (Å²) in [6.07, 6.45) is 0. The van der Waals surface area contributed by atoms with Crippen LogP contribution in [0.25, 0.3) is 0 Å². The molecule has 1 amide bonds. The molecule has 0 aliphatic rings. The molecule has 2 rings (SSSR count). The summed E-state index contributed by atoms with van der Waals surface area (Å²) >= 11 is 4.58. The predicted molar refractivity (Wildman–Crippen MR) is 97.6 cm³/mol. The van der Waals surface area contributed by atoms with E-state index in [1.807, 2.05) is 13.1 Å². The first kappa shape index (κ1) is 18.3. The van der Waals surface area contributed by atoms with Gasteiger partial charge in [-0.3, -0.25) is 9.48 Å². The molecule has 0 saturated carbocycles. The third kappa shape index (κ3) is 5.22. The van der Waals surface area contributed by atoms with E-state index in [2.05, 4.69) is 48.3 Å². The fourth-order valence-electron chi connectivity index (χ4n) is 1.69. The number of rotatable bonds is 6. The largest absolute Gasteiger partial charge is 0.310 e. The van der Waals surface area contributed by atoms with Crippen molar-refractivity contribution in [2.24, 2.45) is 7.05 Å². The second-order valence-electron chi connectivity index (χ2n) is 5.89. The van der Waals surface area contributed by atoms with Crippen molar-refractivity contribution in [3.63, 3.8) is 0 Å². The predicted octanol–water partition coefficient (Wildman–Crippen LogP) is 3.41. The van der Waals surface area contributed by atoms with Crippen LogP contribution in [-0.4, -0.2) is 37.4 Å². The molecule has 0 fully saturated rings. The summed E-state index contributed by atoms with van der Waals surface area (Å²) in [6, 6.07) is 1.92. The van der Waals surface area contributed by atoms with Crippen molar-refractivity contribution in [1.82, 2.24) is 20.0 Å². The Kier molecular flexibility index (Phi) is 6.10. The molecule has 1 N–H and O–H groups in total. The monoisotopic (exact) mass is 371 g/mol. The normalized spacial score (nSPS) is 11.7. The summed E-state index contributed by atoms with van der Waals surface area (Å²) in [4.78, 5) is 12.1. The summed E-state index contributed by atoms with van der Waals surface area (Å²) < 4.78 is 3.46. The average Bonchev–Trinajstić information content (AvgIpc) is 3.04. The minimum absolute atomic E-state index is 0.0462. The van der Waals surface area contributed by atoms with Gasteiger partial charge in [0.25, 0.3) is 0 Å². The van der Waals surface area contributed by atoms with Crippen molar-refractivity contribution in [1.29, 1.82) is 0 Å². The number of nitrogens with zero attached hydrogens (tertiary/aromatic N) is 4. The lowest BCUT2D eigenvalue weighted by Gasteiger charge is -2.13. The molecular weight excluding hydrogens is 350 g/mol. The van der Waals surface area contributed by atoms with Gasteiger partial charge in [0.05, 0.1) is 11.4 Å². The topological polar surface area (TPSA) is 72.7 Å². The number of aryl methyl sites for hydroxylation is 1. The maximum absolute atomic E-state index is 12.1. The van der Waals surface area contributed by atoms with Crippen molar-refractivity contribution in [2.75, 3.05) is 16.8 Å². The number of amides is 1. The molecule has 2 heterocycles. The van der Waals surface area contributed by atoms with Crippen LogP contribution < -0.4 is 5.32 Å². The standard InChI is InChI=1S/C14H21N5OS3/c1-6-21-12-16-17-13(23-12)22-8-11(20)15-10-7-9(14(2,3)4)18-19(10)5/h7H,6,8H2,1-5H3,(H,15,20). The van der Waals surface area contributed by atoms with Crippen molar-refractivity contribution < 1.29 is 4.79 Å². The molecule has 2 aromatic heterocycles. The van der Waals surface area contributed by atoms with Gasteiger partial charge in [-0.1, -0.05) is 62.6 Å². The van der Waals surface area contributed by atoms with E-state index in [0.29, 0.717) is 11.6 Å². The Morgan fingerprint density at radius 2 is 1.96 bits per heavy atom. The van der Waals surface area contributed by atoms with Gasteiger partial charge >= 0.3 is 0 Å². The number of thioether (sulfide) groups is 2. The van der Waals surface area contributed by atoms with Gasteiger partial charge in [-0.15, -0.1) is 10.2 Å². The summed E-state index contributed by atoms with van der Waals surface area (Å²) in [7, 11) is 1.83. The Hall–Kier alpha value is -1.06. The molecule has 0 saturated heterocycles. The van der Waals surface area contributed by atoms with Gasteiger partial charge in [0.1, 0.15) is 5.82 Å². The molecular formula is C14H21N5OS3. The first-order valence-electron chi connectivity index (χ1n) is 7.23. The van der Waals surface area contributed by atoms with Crippen LogP contribution in [-0.2, 0) is 17.3 Å². The lowest BCUT2D eigenvalue weighted by Crippen LogP contribution is -2.16. The molecule has 126 valence electrons. The second-order valence-corrected chi connectivity index (χ2v) is 9.60. The zero-order valence-corrected chi connectivity index (χ0v) is 16.4. The van der Waals surface area contributed by atoms with Gasteiger partial charge < -0.3 is 5.32 Å². The highest BCUT2D eigenvalue weighted by atomic mass is 32.2. The molecule has 6 nitrogen and oxygen atoms in total. The van der Waals surface area contributed by atoms with Gasteiger partial charge in [-0.05, 0) is 5.75 Å². The van der Waals surface area contributed by atoms with Crippen LogP contribution >= 0.6 is 34.9 Å². The smallest absolute Gasteiger partial charge is 0.235 e. The quantitative estimate of drug-likeness (QED) is 0.785. The molecule has 9 heteroatoms. The lowest BCUT2D eigenvalue weighted by atomic mass is 9.92. The van der Waals surface area contributed by atoms with Crippen molar-refractivity contribution in [3.05, 3.63) is 11.8 Å². The van der Waals surface area contributed by atoms with E-state index in [-0.39, 0.29) is 11.3 Å². The number of carbonyl (C=O) groups is 1. The Morgan fingerprint density at radius 1 is 1.30 bits per heavy atom. The highest BCUT2D eigenvalue weighted by Crippen LogP contribution is 2.28. The van der Waals surface area contributed by atoms with Crippen molar-refractivity contribution in [2.45, 2.75) is 41.8 Å². The Morgan fingerprint density at radius 3 is 2.52 bits per heavy atom. The molecule has 0 aromatic carbocycles. The summed E-state index contributed by atoms with van der Waals surface area (Å²) in [6.45, 7) is 8.36. The van der Waals surface area contributed by atoms with E-state index in [1.165, 1.54) is 23.1 Å². The SMILES string of the molecule is CCSc1nnc(SCC(=O)Nc2cc(C(C)(C)C)nn2C)s1. The minimum atomic E-state index is -0.0710. The fourth-order valence-corrected chi connectivity index (χ4v) is 4.41. The van der Waals surface area contributed by atoms with E-state index < -0.39 is 0 Å². The van der Waals surface area contributed by atoms with Crippen molar-refractivity contribution in [3.8, 4) is 0 Å². The number of aromatic nitrogens is 4. The maximum Gasteiger partial charge on any atom is 0.235 e. The maximum atomic E-state index is 12.1. The van der Waals surface area contributed by atoms with Gasteiger partial charge in [0.15, 0.2) is 8.68 Å². The zero-order valence-electron chi connectivity index (χ0n) is 13.9. The highest BCUT2D eigenvalue weighted by molar-refractivity contribution is 8.03. The number of hydrogen-bond acceptors (Lipinski definition) is 7. The molecule has 0 radical (unpaired) electrons. The van der Waals surface area contributed by atoms with Crippen LogP contribution in [0.4, 0.5) is 5.82 Å². The third-order valence-corrected chi connectivity index (χ3v) is 5.97. The van der Waals surface area contributed by atoms with E-state index in [1.54, 1.807) is 16.4 Å². The Bertz CT molecular complexity index is 674. The molecule has 0 unspecified atom stereocenters. The molecule has 2 aromatic rings. The second kappa shape index (κ2) is 7.67. The van der Waals surface area contributed by atoms with E-state index in [4.69, 9.17) is 0 Å². The number of hydrogen-bond donors (Lipinski definition) is 1. The van der Waals surface area contributed by atoms with Crippen LogP contribution in [0, 0.1) is 0 Å². The van der Waals surface area contributed by atoms with E-state index >= 15 is 0 Å². The Balaban J connectivity index is 1.90. The van der Waals surface area contributed by atoms with Gasteiger partial charge in [-0.25, -0.2) is 0 Å². The number of anilines is 1. The third-order valence-electron chi connectivity index (χ3n) is 2.90. The van der Waals surface area contributed by atoms with Crippen LogP contribution in [0.15, 0.2) is 14.7 Å². The van der Waals surface area contributed by atoms with Gasteiger partial charge in [-0.2, -0.15) is 5.10 Å². The Labute approximate surface area is 148 Å². The molecule has 0 aliphatic carbocycles. The van der Waals surface area contributed by atoms with E-state index in [9.17, 15) is 4.79 Å². The summed E-state index contributed by atoms with van der Waals surface area (Å²) in [5.74, 6) is 1.91. The lowest BCUT2D eigenvalue weighted by molar-refractivity contribution is -0.113. The average molecular weight is 372 g/mol. The first-order valence-corrected chi connectivity index (χ1v) is 10.0. The molecule has 0 bridgehead atoms. The summed E-state index contributed by atoms with van der Waals surface area (Å²) in [5.41, 5.74) is 0.906. The van der Waals surface area contributed by atoms with Gasteiger partial charge in [0.2, 0.25) is 5.91 Å². The van der Waals surface area contributed by atoms with Crippen molar-refractivity contribution >= 4 is 46.6 Å². The first-order chi connectivity index (χ1) is 10.8. The highest BCUT2D eigenvalue weighted by Gasteiger charge is 2.19.